The van der Waals surface area contributed by atoms with Gasteiger partial charge >= 0.3 is 7.60 Å². The van der Waals surface area contributed by atoms with E-state index >= 15 is 0 Å². The molecule has 0 saturated heterocycles. The second-order valence-electron chi connectivity index (χ2n) is 4.76. The van der Waals surface area contributed by atoms with Crippen LogP contribution in [0.5, 0.6) is 5.75 Å². The molecule has 0 bridgehead atoms. The van der Waals surface area contributed by atoms with E-state index in [2.05, 4.69) is 25.6 Å². The Hall–Kier alpha value is -0.970. The first-order chi connectivity index (χ1) is 12.3. The van der Waals surface area contributed by atoms with E-state index in [-0.39, 0.29) is 35.0 Å². The van der Waals surface area contributed by atoms with Gasteiger partial charge in [-0.25, -0.2) is 4.98 Å². The number of hydrogen-bond acceptors (Lipinski definition) is 8. The molecule has 0 aliphatic carbocycles. The van der Waals surface area contributed by atoms with Crippen molar-refractivity contribution in [2.45, 2.75) is 18.9 Å². The molecule has 1 heterocycles. The summed E-state index contributed by atoms with van der Waals surface area (Å²) in [5.74, 6) is 0.181. The molecule has 0 fully saturated rings. The van der Waals surface area contributed by atoms with Gasteiger partial charge in [-0.2, -0.15) is 8.42 Å². The fraction of sp³-hybridized carbons (Fsp3) is 0.357. The van der Waals surface area contributed by atoms with Gasteiger partial charge < -0.3 is 13.8 Å². The third kappa shape index (κ3) is 4.85. The molecule has 1 aromatic carbocycles. The number of nitrogens with zero attached hydrogens (tertiary/aromatic N) is 1. The highest BCUT2D eigenvalue weighted by Gasteiger charge is 2.28. The molecule has 0 aliphatic rings. The lowest BCUT2D eigenvalue weighted by Gasteiger charge is -2.19. The molecular formula is C14H18BrN2O6PS2. The number of rotatable bonds is 9. The third-order valence-corrected chi connectivity index (χ3v) is 7.94. The molecule has 26 heavy (non-hydrogen) atoms. The lowest BCUT2D eigenvalue weighted by molar-refractivity contribution is 0.230. The van der Waals surface area contributed by atoms with E-state index in [1.165, 1.54) is 30.7 Å². The van der Waals surface area contributed by atoms with Crippen LogP contribution in [0.3, 0.4) is 0 Å². The number of benzene rings is 1. The van der Waals surface area contributed by atoms with Crippen molar-refractivity contribution in [1.29, 1.82) is 0 Å². The minimum atomic E-state index is -3.89. The Labute approximate surface area is 164 Å². The maximum absolute atomic E-state index is 12.9. The predicted octanol–water partition coefficient (Wildman–Crippen LogP) is 3.61. The molecule has 0 radical (unpaired) electrons. The van der Waals surface area contributed by atoms with Gasteiger partial charge in [0, 0.05) is 5.38 Å². The van der Waals surface area contributed by atoms with E-state index in [0.29, 0.717) is 3.92 Å². The lowest BCUT2D eigenvalue weighted by Crippen LogP contribution is -2.16. The minimum Gasteiger partial charge on any atom is -0.495 e. The molecule has 0 amide bonds. The Bertz CT molecular complexity index is 908. The molecular weight excluding hydrogens is 467 g/mol. The molecule has 2 aromatic rings. The molecule has 0 atom stereocenters. The van der Waals surface area contributed by atoms with Crippen LogP contribution in [0.25, 0.3) is 0 Å². The number of anilines is 1. The number of hydrogen-bond donors (Lipinski definition) is 1. The first-order valence-corrected chi connectivity index (χ1v) is 12.2. The maximum Gasteiger partial charge on any atom is 0.361 e. The Balaban J connectivity index is 2.38. The van der Waals surface area contributed by atoms with E-state index in [0.717, 1.165) is 11.3 Å². The SMILES string of the molecule is CCOP(=O)(OCC)c1ccc(NS(=O)(=O)c2csc(Br)n2)c(OC)c1. The smallest absolute Gasteiger partial charge is 0.361 e. The molecule has 1 N–H and O–H groups in total. The van der Waals surface area contributed by atoms with Gasteiger partial charge in [0.05, 0.1) is 31.3 Å². The molecule has 2 rings (SSSR count). The molecule has 0 unspecified atom stereocenters. The van der Waals surface area contributed by atoms with Gasteiger partial charge in [0.2, 0.25) is 0 Å². The van der Waals surface area contributed by atoms with Gasteiger partial charge in [-0.15, -0.1) is 11.3 Å². The zero-order valence-corrected chi connectivity index (χ0v) is 18.4. The van der Waals surface area contributed by atoms with Crippen LogP contribution in [0, 0.1) is 0 Å². The largest absolute Gasteiger partial charge is 0.495 e. The Kier molecular flexibility index (Phi) is 7.23. The first kappa shape index (κ1) is 21.3. The summed E-state index contributed by atoms with van der Waals surface area (Å²) >= 11 is 4.28. The van der Waals surface area contributed by atoms with Crippen molar-refractivity contribution in [2.24, 2.45) is 0 Å². The average Bonchev–Trinajstić information content (AvgIpc) is 3.03. The Morgan fingerprint density at radius 2 is 1.92 bits per heavy atom. The van der Waals surface area contributed by atoms with Gasteiger partial charge in [0.25, 0.3) is 10.0 Å². The summed E-state index contributed by atoms with van der Waals surface area (Å²) in [6.07, 6.45) is 0. The highest BCUT2D eigenvalue weighted by Crippen LogP contribution is 2.48. The summed E-state index contributed by atoms with van der Waals surface area (Å²) in [5.41, 5.74) is 0.180. The van der Waals surface area contributed by atoms with Crippen LogP contribution in [0.1, 0.15) is 13.8 Å². The van der Waals surface area contributed by atoms with Crippen molar-refractivity contribution in [3.8, 4) is 5.75 Å². The molecule has 144 valence electrons. The van der Waals surface area contributed by atoms with E-state index in [1.807, 2.05) is 0 Å². The van der Waals surface area contributed by atoms with Gasteiger partial charge in [-0.05, 0) is 48.0 Å². The summed E-state index contributed by atoms with van der Waals surface area (Å²) < 4.78 is 56.4. The number of sulfonamides is 1. The first-order valence-electron chi connectivity index (χ1n) is 7.47. The number of methoxy groups -OCH3 is 1. The minimum absolute atomic E-state index is 0.116. The quantitative estimate of drug-likeness (QED) is 0.542. The molecule has 1 aromatic heterocycles. The zero-order chi connectivity index (χ0) is 19.4. The van der Waals surface area contributed by atoms with Gasteiger partial charge in [-0.1, -0.05) is 0 Å². The third-order valence-electron chi connectivity index (χ3n) is 3.07. The molecule has 8 nitrogen and oxygen atoms in total. The number of aromatic nitrogens is 1. The van der Waals surface area contributed by atoms with Crippen LogP contribution in [0.4, 0.5) is 5.69 Å². The van der Waals surface area contributed by atoms with Gasteiger partial charge in [0.15, 0.2) is 8.94 Å². The highest BCUT2D eigenvalue weighted by molar-refractivity contribution is 9.11. The van der Waals surface area contributed by atoms with Crippen LogP contribution in [0.2, 0.25) is 0 Å². The number of halogens is 1. The van der Waals surface area contributed by atoms with Crippen molar-refractivity contribution in [2.75, 3.05) is 25.0 Å². The summed E-state index contributed by atoms with van der Waals surface area (Å²) in [7, 11) is -6.02. The maximum atomic E-state index is 12.9. The lowest BCUT2D eigenvalue weighted by atomic mass is 10.3. The van der Waals surface area contributed by atoms with Crippen LogP contribution < -0.4 is 14.8 Å². The fourth-order valence-corrected chi connectivity index (χ4v) is 6.08. The summed E-state index contributed by atoms with van der Waals surface area (Å²) in [6.45, 7) is 3.81. The van der Waals surface area contributed by atoms with Gasteiger partial charge in [-0.3, -0.25) is 9.29 Å². The monoisotopic (exact) mass is 484 g/mol. The summed E-state index contributed by atoms with van der Waals surface area (Å²) in [6, 6.07) is 4.35. The van der Waals surface area contributed by atoms with Crippen LogP contribution >= 0.6 is 34.9 Å². The van der Waals surface area contributed by atoms with E-state index in [4.69, 9.17) is 13.8 Å². The average molecular weight is 485 g/mol. The van der Waals surface area contributed by atoms with Crippen molar-refractivity contribution < 1.29 is 26.8 Å². The number of ether oxygens (including phenoxy) is 1. The summed E-state index contributed by atoms with van der Waals surface area (Å²) in [5, 5.41) is 1.57. The van der Waals surface area contributed by atoms with Crippen LogP contribution in [0.15, 0.2) is 32.5 Å². The summed E-state index contributed by atoms with van der Waals surface area (Å²) in [4.78, 5) is 3.90. The van der Waals surface area contributed by atoms with Crippen molar-refractivity contribution in [3.05, 3.63) is 27.5 Å². The molecule has 12 heteroatoms. The van der Waals surface area contributed by atoms with E-state index in [1.54, 1.807) is 13.8 Å². The van der Waals surface area contributed by atoms with Gasteiger partial charge in [0.1, 0.15) is 5.75 Å². The van der Waals surface area contributed by atoms with Crippen molar-refractivity contribution >= 4 is 55.9 Å². The molecule has 0 saturated carbocycles. The van der Waals surface area contributed by atoms with Crippen LogP contribution in [-0.4, -0.2) is 33.7 Å². The zero-order valence-electron chi connectivity index (χ0n) is 14.3. The van der Waals surface area contributed by atoms with E-state index in [9.17, 15) is 13.0 Å². The Morgan fingerprint density at radius 1 is 1.27 bits per heavy atom. The molecule has 0 spiro atoms. The number of thiazole rings is 1. The second-order valence-corrected chi connectivity index (χ2v) is 10.6. The standard InChI is InChI=1S/C14H18BrN2O6PS2/c1-4-22-24(18,23-5-2)10-6-7-11(12(8-10)21-3)17-26(19,20)13-9-25-14(15)16-13/h6-9,17H,4-5H2,1-3H3. The Morgan fingerprint density at radius 3 is 2.42 bits per heavy atom. The van der Waals surface area contributed by atoms with E-state index < -0.39 is 17.6 Å². The second kappa shape index (κ2) is 8.81. The topological polar surface area (TPSA) is 104 Å². The normalized spacial score (nSPS) is 12.2. The number of nitrogens with one attached hydrogen (secondary N) is 1. The highest BCUT2D eigenvalue weighted by atomic mass is 79.9. The molecule has 0 aliphatic heterocycles. The van der Waals surface area contributed by atoms with Crippen molar-refractivity contribution in [3.63, 3.8) is 0 Å². The predicted molar refractivity (Wildman–Crippen MR) is 104 cm³/mol. The van der Waals surface area contributed by atoms with Crippen LogP contribution in [-0.2, 0) is 23.6 Å². The fourth-order valence-electron chi connectivity index (χ4n) is 2.02. The van der Waals surface area contributed by atoms with Crippen molar-refractivity contribution in [1.82, 2.24) is 4.98 Å².